The molecule has 0 bridgehead atoms. The second kappa shape index (κ2) is 4.15. The van der Waals surface area contributed by atoms with Gasteiger partial charge in [0.15, 0.2) is 5.78 Å². The third-order valence-electron chi connectivity index (χ3n) is 2.73. The molecule has 0 N–H and O–H groups in total. The lowest BCUT2D eigenvalue weighted by Crippen LogP contribution is -2.11. The van der Waals surface area contributed by atoms with Crippen molar-refractivity contribution in [3.63, 3.8) is 0 Å². The molecule has 2 rings (SSSR count). The first-order valence-electron chi connectivity index (χ1n) is 4.98. The smallest absolute Gasteiger partial charge is 0.166 e. The van der Waals surface area contributed by atoms with Crippen molar-refractivity contribution in [1.82, 2.24) is 0 Å². The molecule has 15 heavy (non-hydrogen) atoms. The van der Waals surface area contributed by atoms with Gasteiger partial charge in [-0.1, -0.05) is 23.7 Å². The molecule has 1 saturated carbocycles. The third kappa shape index (κ3) is 2.26. The van der Waals surface area contributed by atoms with Crippen molar-refractivity contribution in [2.45, 2.75) is 19.3 Å². The Balaban J connectivity index is 2.17. The standard InChI is InChI=1S/C12H11ClO2/c13-10-3-1-2-8(6-10)12(15)9-4-5-11(14)7-9/h1-3,6,9H,4-5,7H2. The summed E-state index contributed by atoms with van der Waals surface area (Å²) >= 11 is 5.81. The normalized spacial score (nSPS) is 20.6. The molecule has 2 nitrogen and oxygen atoms in total. The molecular weight excluding hydrogens is 212 g/mol. The van der Waals surface area contributed by atoms with E-state index in [-0.39, 0.29) is 17.5 Å². The summed E-state index contributed by atoms with van der Waals surface area (Å²) in [7, 11) is 0. The molecule has 1 fully saturated rings. The number of halogens is 1. The number of Topliss-reactive ketones (excluding diaryl/α,β-unsaturated/α-hetero) is 2. The van der Waals surface area contributed by atoms with Crippen LogP contribution in [0.25, 0.3) is 0 Å². The summed E-state index contributed by atoms with van der Waals surface area (Å²) < 4.78 is 0. The fraction of sp³-hybridized carbons (Fsp3) is 0.333. The van der Waals surface area contributed by atoms with Crippen LogP contribution < -0.4 is 0 Å². The average molecular weight is 223 g/mol. The molecule has 0 saturated heterocycles. The van der Waals surface area contributed by atoms with Crippen LogP contribution in [0, 0.1) is 5.92 Å². The van der Waals surface area contributed by atoms with Crippen molar-refractivity contribution in [2.24, 2.45) is 5.92 Å². The summed E-state index contributed by atoms with van der Waals surface area (Å²) in [5, 5.41) is 0.560. The molecule has 1 aliphatic carbocycles. The van der Waals surface area contributed by atoms with Gasteiger partial charge in [-0.15, -0.1) is 0 Å². The van der Waals surface area contributed by atoms with Crippen LogP contribution in [-0.2, 0) is 4.79 Å². The van der Waals surface area contributed by atoms with E-state index in [0.717, 1.165) is 0 Å². The highest BCUT2D eigenvalue weighted by Gasteiger charge is 2.28. The average Bonchev–Trinajstić information content (AvgIpc) is 2.64. The summed E-state index contributed by atoms with van der Waals surface area (Å²) in [6.07, 6.45) is 1.62. The second-order valence-corrected chi connectivity index (χ2v) is 4.29. The lowest BCUT2D eigenvalue weighted by Gasteiger charge is -2.06. The van der Waals surface area contributed by atoms with Crippen molar-refractivity contribution in [3.8, 4) is 0 Å². The molecule has 1 atom stereocenters. The van der Waals surface area contributed by atoms with Gasteiger partial charge in [0.05, 0.1) is 0 Å². The monoisotopic (exact) mass is 222 g/mol. The van der Waals surface area contributed by atoms with Gasteiger partial charge < -0.3 is 0 Å². The van der Waals surface area contributed by atoms with Crippen LogP contribution >= 0.6 is 11.6 Å². The first-order chi connectivity index (χ1) is 7.16. The van der Waals surface area contributed by atoms with E-state index in [9.17, 15) is 9.59 Å². The maximum atomic E-state index is 11.9. The molecule has 0 radical (unpaired) electrons. The largest absolute Gasteiger partial charge is 0.300 e. The van der Waals surface area contributed by atoms with Crippen LogP contribution in [-0.4, -0.2) is 11.6 Å². The van der Waals surface area contributed by atoms with Gasteiger partial charge in [-0.2, -0.15) is 0 Å². The van der Waals surface area contributed by atoms with E-state index in [1.54, 1.807) is 24.3 Å². The van der Waals surface area contributed by atoms with Gasteiger partial charge in [-0.25, -0.2) is 0 Å². The number of rotatable bonds is 2. The molecule has 0 aromatic heterocycles. The summed E-state index contributed by atoms with van der Waals surface area (Å²) in [6, 6.07) is 6.90. The fourth-order valence-corrected chi connectivity index (χ4v) is 2.11. The Morgan fingerprint density at radius 3 is 2.80 bits per heavy atom. The van der Waals surface area contributed by atoms with Gasteiger partial charge in [0.2, 0.25) is 0 Å². The molecule has 1 aromatic carbocycles. The highest BCUT2D eigenvalue weighted by atomic mass is 35.5. The van der Waals surface area contributed by atoms with Crippen LogP contribution in [0.4, 0.5) is 0 Å². The predicted molar refractivity (Wildman–Crippen MR) is 58.1 cm³/mol. The summed E-state index contributed by atoms with van der Waals surface area (Å²) in [6.45, 7) is 0. The zero-order valence-corrected chi connectivity index (χ0v) is 8.96. The Labute approximate surface area is 93.2 Å². The van der Waals surface area contributed by atoms with E-state index in [0.29, 0.717) is 29.8 Å². The molecule has 78 valence electrons. The van der Waals surface area contributed by atoms with Gasteiger partial charge in [0.25, 0.3) is 0 Å². The Morgan fingerprint density at radius 2 is 2.20 bits per heavy atom. The minimum Gasteiger partial charge on any atom is -0.300 e. The number of benzene rings is 1. The Kier molecular flexibility index (Phi) is 2.87. The summed E-state index contributed by atoms with van der Waals surface area (Å²) in [4.78, 5) is 23.0. The van der Waals surface area contributed by atoms with Crippen LogP contribution in [0.2, 0.25) is 5.02 Å². The van der Waals surface area contributed by atoms with Crippen molar-refractivity contribution in [3.05, 3.63) is 34.9 Å². The van der Waals surface area contributed by atoms with E-state index in [1.807, 2.05) is 0 Å². The number of carbonyl (C=O) groups is 2. The summed E-state index contributed by atoms with van der Waals surface area (Å²) in [5.41, 5.74) is 0.613. The maximum Gasteiger partial charge on any atom is 0.166 e. The van der Waals surface area contributed by atoms with E-state index in [4.69, 9.17) is 11.6 Å². The lowest BCUT2D eigenvalue weighted by molar-refractivity contribution is -0.117. The zero-order chi connectivity index (χ0) is 10.8. The van der Waals surface area contributed by atoms with E-state index < -0.39 is 0 Å². The van der Waals surface area contributed by atoms with Gasteiger partial charge in [0, 0.05) is 29.3 Å². The minimum absolute atomic E-state index is 0.0448. The van der Waals surface area contributed by atoms with Crippen molar-refractivity contribution in [2.75, 3.05) is 0 Å². The molecular formula is C12H11ClO2. The quantitative estimate of drug-likeness (QED) is 0.721. The van der Waals surface area contributed by atoms with Gasteiger partial charge in [-0.05, 0) is 18.6 Å². The zero-order valence-electron chi connectivity index (χ0n) is 8.20. The second-order valence-electron chi connectivity index (χ2n) is 3.85. The number of hydrogen-bond donors (Lipinski definition) is 0. The van der Waals surface area contributed by atoms with E-state index in [1.165, 1.54) is 0 Å². The highest BCUT2D eigenvalue weighted by Crippen LogP contribution is 2.26. The van der Waals surface area contributed by atoms with E-state index >= 15 is 0 Å². The van der Waals surface area contributed by atoms with Crippen LogP contribution in [0.3, 0.4) is 0 Å². The van der Waals surface area contributed by atoms with Crippen LogP contribution in [0.5, 0.6) is 0 Å². The topological polar surface area (TPSA) is 34.1 Å². The third-order valence-corrected chi connectivity index (χ3v) is 2.96. The summed E-state index contributed by atoms with van der Waals surface area (Å²) in [5.74, 6) is 0.106. The number of hydrogen-bond acceptors (Lipinski definition) is 2. The molecule has 3 heteroatoms. The lowest BCUT2D eigenvalue weighted by atomic mass is 9.96. The van der Waals surface area contributed by atoms with Gasteiger partial charge in [-0.3, -0.25) is 9.59 Å². The fourth-order valence-electron chi connectivity index (χ4n) is 1.92. The Hall–Kier alpha value is -1.15. The first kappa shape index (κ1) is 10.4. The van der Waals surface area contributed by atoms with Crippen molar-refractivity contribution < 1.29 is 9.59 Å². The number of ketones is 2. The Bertz CT molecular complexity index is 412. The maximum absolute atomic E-state index is 11.9. The van der Waals surface area contributed by atoms with Gasteiger partial charge in [0.1, 0.15) is 5.78 Å². The first-order valence-corrected chi connectivity index (χ1v) is 5.36. The molecule has 0 aliphatic heterocycles. The van der Waals surface area contributed by atoms with Crippen molar-refractivity contribution in [1.29, 1.82) is 0 Å². The van der Waals surface area contributed by atoms with E-state index in [2.05, 4.69) is 0 Å². The predicted octanol–water partition coefficient (Wildman–Crippen LogP) is 2.89. The molecule has 0 amide bonds. The Morgan fingerprint density at radius 1 is 1.40 bits per heavy atom. The molecule has 1 unspecified atom stereocenters. The highest BCUT2D eigenvalue weighted by molar-refractivity contribution is 6.31. The van der Waals surface area contributed by atoms with Crippen LogP contribution in [0.1, 0.15) is 29.6 Å². The minimum atomic E-state index is -0.129. The SMILES string of the molecule is O=C1CCC(C(=O)c2cccc(Cl)c2)C1. The van der Waals surface area contributed by atoms with Crippen molar-refractivity contribution >= 4 is 23.2 Å². The number of carbonyl (C=O) groups excluding carboxylic acids is 2. The molecule has 1 aromatic rings. The van der Waals surface area contributed by atoms with Gasteiger partial charge >= 0.3 is 0 Å². The molecule has 0 heterocycles. The van der Waals surface area contributed by atoms with Crippen LogP contribution in [0.15, 0.2) is 24.3 Å². The molecule has 1 aliphatic rings. The molecule has 0 spiro atoms.